The molecule has 0 amide bonds. The number of alkyl halides is 3. The van der Waals surface area contributed by atoms with Gasteiger partial charge in [-0.3, -0.25) is 0 Å². The number of aromatic nitrogens is 1. The molecule has 120 valence electrons. The Morgan fingerprint density at radius 3 is 2.73 bits per heavy atom. The third-order valence-corrected chi connectivity index (χ3v) is 5.25. The lowest BCUT2D eigenvalue weighted by Crippen LogP contribution is -2.42. The molecule has 0 N–H and O–H groups in total. The number of anilines is 2. The minimum atomic E-state index is -4.10. The maximum atomic E-state index is 13.0. The van der Waals surface area contributed by atoms with Crippen molar-refractivity contribution in [3.63, 3.8) is 0 Å². The summed E-state index contributed by atoms with van der Waals surface area (Å²) in [5, 5.41) is 0. The highest BCUT2D eigenvalue weighted by Gasteiger charge is 2.42. The van der Waals surface area contributed by atoms with Gasteiger partial charge in [-0.25, -0.2) is 4.98 Å². The summed E-state index contributed by atoms with van der Waals surface area (Å²) in [6.07, 6.45) is -1.11. The van der Waals surface area contributed by atoms with Crippen LogP contribution < -0.4 is 9.80 Å². The molecule has 1 aromatic rings. The van der Waals surface area contributed by atoms with Gasteiger partial charge in [-0.15, -0.1) is 0 Å². The summed E-state index contributed by atoms with van der Waals surface area (Å²) in [6, 6.07) is 3.95. The number of fused-ring (bicyclic) bond motifs is 4. The van der Waals surface area contributed by atoms with E-state index in [2.05, 4.69) is 11.0 Å². The summed E-state index contributed by atoms with van der Waals surface area (Å²) in [5.41, 5.74) is 2.25. The summed E-state index contributed by atoms with van der Waals surface area (Å²) in [6.45, 7) is 2.90. The molecule has 2 atom stereocenters. The predicted molar refractivity (Wildman–Crippen MR) is 79.3 cm³/mol. The molecule has 0 aromatic carbocycles. The van der Waals surface area contributed by atoms with Crippen LogP contribution in [0.1, 0.15) is 25.0 Å². The van der Waals surface area contributed by atoms with Crippen LogP contribution in [0, 0.1) is 11.8 Å². The molecule has 1 aromatic heterocycles. The van der Waals surface area contributed by atoms with E-state index in [1.807, 2.05) is 11.0 Å². The standard InChI is InChI=1S/C16H20F3N3/c17-16(18,19)12-2-1-6-22(10-12)15-4-3-14-13(20-15)8-11-5-7-21(14)9-11/h3-4,11-12H,1-2,5-10H2/t11-,12?/m1/s1. The second-order valence-electron chi connectivity index (χ2n) is 6.77. The first-order valence-corrected chi connectivity index (χ1v) is 8.07. The number of nitrogens with zero attached hydrogens (tertiary/aromatic N) is 3. The van der Waals surface area contributed by atoms with Gasteiger partial charge in [-0.2, -0.15) is 13.2 Å². The predicted octanol–water partition coefficient (Wildman–Crippen LogP) is 3.24. The van der Waals surface area contributed by atoms with Crippen molar-refractivity contribution < 1.29 is 13.2 Å². The zero-order valence-corrected chi connectivity index (χ0v) is 12.4. The van der Waals surface area contributed by atoms with Gasteiger partial charge < -0.3 is 9.80 Å². The first kappa shape index (κ1) is 14.2. The largest absolute Gasteiger partial charge is 0.393 e. The maximum absolute atomic E-state index is 13.0. The van der Waals surface area contributed by atoms with E-state index in [9.17, 15) is 13.2 Å². The number of halogens is 3. The van der Waals surface area contributed by atoms with Gasteiger partial charge in [0.1, 0.15) is 5.82 Å². The van der Waals surface area contributed by atoms with E-state index in [1.54, 1.807) is 0 Å². The molecule has 2 fully saturated rings. The lowest BCUT2D eigenvalue weighted by atomic mass is 9.97. The van der Waals surface area contributed by atoms with Crippen LogP contribution in [-0.4, -0.2) is 37.3 Å². The molecule has 3 aliphatic heterocycles. The van der Waals surface area contributed by atoms with E-state index in [1.165, 1.54) is 12.1 Å². The zero-order valence-electron chi connectivity index (χ0n) is 12.4. The minimum Gasteiger partial charge on any atom is -0.370 e. The van der Waals surface area contributed by atoms with Crippen molar-refractivity contribution in [1.29, 1.82) is 0 Å². The van der Waals surface area contributed by atoms with Gasteiger partial charge in [0, 0.05) is 26.2 Å². The molecule has 2 bridgehead atoms. The highest BCUT2D eigenvalue weighted by atomic mass is 19.4. The summed E-state index contributed by atoms with van der Waals surface area (Å²) in [7, 11) is 0. The molecule has 4 rings (SSSR count). The van der Waals surface area contributed by atoms with Gasteiger partial charge in [0.15, 0.2) is 0 Å². The average molecular weight is 311 g/mol. The van der Waals surface area contributed by atoms with Crippen LogP contribution in [0.5, 0.6) is 0 Å². The molecule has 0 aliphatic carbocycles. The number of piperidine rings is 1. The number of rotatable bonds is 1. The second kappa shape index (κ2) is 5.03. The van der Waals surface area contributed by atoms with E-state index in [0.29, 0.717) is 18.9 Å². The van der Waals surface area contributed by atoms with E-state index < -0.39 is 12.1 Å². The first-order valence-electron chi connectivity index (χ1n) is 8.07. The molecule has 3 aliphatic rings. The van der Waals surface area contributed by atoms with E-state index >= 15 is 0 Å². The van der Waals surface area contributed by atoms with Crippen LogP contribution in [0.15, 0.2) is 12.1 Å². The topological polar surface area (TPSA) is 19.4 Å². The number of pyridine rings is 1. The lowest BCUT2D eigenvalue weighted by Gasteiger charge is -2.35. The summed E-state index contributed by atoms with van der Waals surface area (Å²) >= 11 is 0. The van der Waals surface area contributed by atoms with Gasteiger partial charge in [0.05, 0.1) is 17.3 Å². The van der Waals surface area contributed by atoms with Gasteiger partial charge in [-0.05, 0) is 43.7 Å². The van der Waals surface area contributed by atoms with Crippen molar-refractivity contribution in [3.8, 4) is 0 Å². The van der Waals surface area contributed by atoms with Crippen molar-refractivity contribution in [2.24, 2.45) is 11.8 Å². The highest BCUT2D eigenvalue weighted by molar-refractivity contribution is 5.58. The van der Waals surface area contributed by atoms with Gasteiger partial charge in [-0.1, -0.05) is 0 Å². The first-order chi connectivity index (χ1) is 10.5. The molecule has 0 radical (unpaired) electrons. The van der Waals surface area contributed by atoms with Crippen molar-refractivity contribution >= 4 is 11.5 Å². The lowest BCUT2D eigenvalue weighted by molar-refractivity contribution is -0.176. The van der Waals surface area contributed by atoms with Crippen LogP contribution in [0.3, 0.4) is 0 Å². The Morgan fingerprint density at radius 2 is 1.91 bits per heavy atom. The monoisotopic (exact) mass is 311 g/mol. The fourth-order valence-electron chi connectivity index (χ4n) is 4.04. The summed E-state index contributed by atoms with van der Waals surface area (Å²) < 4.78 is 38.9. The Bertz CT molecular complexity index is 572. The van der Waals surface area contributed by atoms with Crippen molar-refractivity contribution in [3.05, 3.63) is 17.8 Å². The number of hydrogen-bond acceptors (Lipinski definition) is 3. The van der Waals surface area contributed by atoms with Gasteiger partial charge >= 0.3 is 6.18 Å². The van der Waals surface area contributed by atoms with Gasteiger partial charge in [0.25, 0.3) is 0 Å². The van der Waals surface area contributed by atoms with E-state index in [-0.39, 0.29) is 13.0 Å². The second-order valence-corrected chi connectivity index (χ2v) is 6.77. The minimum absolute atomic E-state index is 0.0441. The summed E-state index contributed by atoms with van der Waals surface area (Å²) in [4.78, 5) is 8.88. The molecule has 1 unspecified atom stereocenters. The van der Waals surface area contributed by atoms with Crippen molar-refractivity contribution in [1.82, 2.24) is 4.98 Å². The van der Waals surface area contributed by atoms with Crippen molar-refractivity contribution in [2.75, 3.05) is 36.0 Å². The van der Waals surface area contributed by atoms with Crippen LogP contribution in [-0.2, 0) is 6.42 Å². The number of hydrogen-bond donors (Lipinski definition) is 0. The SMILES string of the molecule is FC(F)(F)C1CCCN(c2ccc3c(n2)C[C@H]2CCN3C2)C1. The molecule has 2 saturated heterocycles. The van der Waals surface area contributed by atoms with Crippen LogP contribution in [0.4, 0.5) is 24.7 Å². The smallest absolute Gasteiger partial charge is 0.370 e. The molecule has 6 heteroatoms. The van der Waals surface area contributed by atoms with E-state index in [0.717, 1.165) is 31.0 Å². The molecule has 4 heterocycles. The summed E-state index contributed by atoms with van der Waals surface area (Å²) in [5.74, 6) is 0.161. The van der Waals surface area contributed by atoms with Crippen LogP contribution in [0.25, 0.3) is 0 Å². The Hall–Kier alpha value is -1.46. The normalized spacial score (nSPS) is 28.0. The molecule has 0 saturated carbocycles. The Balaban J connectivity index is 1.57. The zero-order chi connectivity index (χ0) is 15.3. The van der Waals surface area contributed by atoms with Crippen LogP contribution >= 0.6 is 0 Å². The third kappa shape index (κ3) is 2.42. The molecule has 22 heavy (non-hydrogen) atoms. The average Bonchev–Trinajstić information content (AvgIpc) is 2.88. The Labute approximate surface area is 128 Å². The maximum Gasteiger partial charge on any atom is 0.393 e. The van der Waals surface area contributed by atoms with Crippen LogP contribution in [0.2, 0.25) is 0 Å². The van der Waals surface area contributed by atoms with Crippen molar-refractivity contribution in [2.45, 2.75) is 31.9 Å². The highest BCUT2D eigenvalue weighted by Crippen LogP contribution is 2.38. The third-order valence-electron chi connectivity index (χ3n) is 5.25. The Morgan fingerprint density at radius 1 is 1.05 bits per heavy atom. The molecule has 3 nitrogen and oxygen atoms in total. The fraction of sp³-hybridized carbons (Fsp3) is 0.688. The Kier molecular flexibility index (Phi) is 3.24. The quantitative estimate of drug-likeness (QED) is 0.794. The molecule has 0 spiro atoms. The molecular formula is C16H20F3N3. The van der Waals surface area contributed by atoms with E-state index in [4.69, 9.17) is 4.98 Å². The molecular weight excluding hydrogens is 291 g/mol. The van der Waals surface area contributed by atoms with Gasteiger partial charge in [0.2, 0.25) is 0 Å². The fourth-order valence-corrected chi connectivity index (χ4v) is 4.04.